The van der Waals surface area contributed by atoms with Crippen LogP contribution < -0.4 is 0 Å². The first-order valence-electron chi connectivity index (χ1n) is 18.8. The van der Waals surface area contributed by atoms with Gasteiger partial charge >= 0.3 is 0 Å². The van der Waals surface area contributed by atoms with Gasteiger partial charge in [-0.25, -0.2) is 15.0 Å². The molecule has 0 amide bonds. The predicted octanol–water partition coefficient (Wildman–Crippen LogP) is 13.0. The molecule has 0 aliphatic heterocycles. The van der Waals surface area contributed by atoms with Gasteiger partial charge in [0.25, 0.3) is 0 Å². The van der Waals surface area contributed by atoms with Crippen LogP contribution in [0, 0.1) is 0 Å². The van der Waals surface area contributed by atoms with Crippen LogP contribution in [-0.2, 0) is 0 Å². The molecule has 2 aromatic heterocycles. The summed E-state index contributed by atoms with van der Waals surface area (Å²) >= 11 is 0. The van der Waals surface area contributed by atoms with Gasteiger partial charge in [-0.2, -0.15) is 0 Å². The van der Waals surface area contributed by atoms with Crippen molar-refractivity contribution in [2.24, 2.45) is 0 Å². The topological polar surface area (TPSA) is 43.6 Å². The molecule has 10 rings (SSSR count). The van der Waals surface area contributed by atoms with E-state index in [4.69, 9.17) is 15.0 Å². The monoisotopic (exact) mass is 704 g/mol. The Morgan fingerprint density at radius 3 is 1.91 bits per heavy atom. The molecular weight excluding hydrogens is 669 g/mol. The average Bonchev–Trinajstić information content (AvgIpc) is 3.70. The lowest BCUT2D eigenvalue weighted by atomic mass is 9.94. The van der Waals surface area contributed by atoms with E-state index >= 15 is 0 Å². The van der Waals surface area contributed by atoms with E-state index in [0.717, 1.165) is 74.6 Å². The van der Waals surface area contributed by atoms with E-state index in [1.165, 1.54) is 33.0 Å². The van der Waals surface area contributed by atoms with E-state index in [-0.39, 0.29) is 0 Å². The second-order valence-electron chi connectivity index (χ2n) is 14.0. The molecule has 1 aliphatic rings. The highest BCUT2D eigenvalue weighted by molar-refractivity contribution is 5.99. The quantitative estimate of drug-likeness (QED) is 0.166. The van der Waals surface area contributed by atoms with E-state index < -0.39 is 0 Å². The molecule has 0 spiro atoms. The summed E-state index contributed by atoms with van der Waals surface area (Å²) in [6, 6.07) is 60.2. The zero-order valence-electron chi connectivity index (χ0n) is 30.2. The number of rotatable bonds is 7. The van der Waals surface area contributed by atoms with Crippen molar-refractivity contribution >= 4 is 27.4 Å². The third kappa shape index (κ3) is 6.34. The van der Waals surface area contributed by atoms with E-state index in [9.17, 15) is 0 Å². The summed E-state index contributed by atoms with van der Waals surface area (Å²) in [5.41, 5.74) is 15.4. The van der Waals surface area contributed by atoms with Crippen LogP contribution in [0.4, 0.5) is 0 Å². The van der Waals surface area contributed by atoms with Crippen molar-refractivity contribution < 1.29 is 0 Å². The van der Waals surface area contributed by atoms with Crippen molar-refractivity contribution in [3.05, 3.63) is 200 Å². The minimum Gasteiger partial charge on any atom is -0.299 e. The number of allylic oxidation sites excluding steroid dienone is 4. The molecule has 0 atom stereocenters. The molecule has 0 bridgehead atoms. The van der Waals surface area contributed by atoms with Crippen LogP contribution in [0.5, 0.6) is 0 Å². The standard InChI is InChI=1S/C51H36N4/c1-4-11-38(12-5-1)47-33-48(39-13-6-2-7-14-39)54-51(53-47)40-25-23-37(24-26-40)45-18-10-15-43-31-41(27-29-46(43)45)35-19-21-36(22-20-35)42-28-30-50-49(32-42)52-34-55(50)44-16-8-3-9-17-44/h1,3-6,8-34H,2,7H2. The van der Waals surface area contributed by atoms with Gasteiger partial charge in [-0.3, -0.25) is 4.57 Å². The highest BCUT2D eigenvalue weighted by Crippen LogP contribution is 2.35. The second kappa shape index (κ2) is 14.0. The molecule has 2 heterocycles. The van der Waals surface area contributed by atoms with Gasteiger partial charge in [-0.15, -0.1) is 0 Å². The molecular formula is C51H36N4. The lowest BCUT2D eigenvalue weighted by Crippen LogP contribution is -1.98. The van der Waals surface area contributed by atoms with Crippen LogP contribution in [0.25, 0.3) is 89.1 Å². The first-order valence-corrected chi connectivity index (χ1v) is 18.8. The molecule has 4 nitrogen and oxygen atoms in total. The molecule has 0 fully saturated rings. The minimum atomic E-state index is 0.732. The fourth-order valence-corrected chi connectivity index (χ4v) is 7.64. The van der Waals surface area contributed by atoms with Crippen molar-refractivity contribution in [1.29, 1.82) is 0 Å². The maximum atomic E-state index is 5.06. The molecule has 260 valence electrons. The lowest BCUT2D eigenvalue weighted by Gasteiger charge is -2.12. The van der Waals surface area contributed by atoms with Crippen LogP contribution in [0.1, 0.15) is 18.5 Å². The maximum Gasteiger partial charge on any atom is 0.160 e. The summed E-state index contributed by atoms with van der Waals surface area (Å²) < 4.78 is 2.13. The normalized spacial score (nSPS) is 12.6. The minimum absolute atomic E-state index is 0.732. The molecule has 0 saturated carbocycles. The van der Waals surface area contributed by atoms with Crippen LogP contribution >= 0.6 is 0 Å². The predicted molar refractivity (Wildman–Crippen MR) is 228 cm³/mol. The Balaban J connectivity index is 0.921. The van der Waals surface area contributed by atoms with Gasteiger partial charge in [0.15, 0.2) is 5.82 Å². The number of fused-ring (bicyclic) bond motifs is 2. The third-order valence-electron chi connectivity index (χ3n) is 10.6. The summed E-state index contributed by atoms with van der Waals surface area (Å²) in [7, 11) is 0. The second-order valence-corrected chi connectivity index (χ2v) is 14.0. The summed E-state index contributed by atoms with van der Waals surface area (Å²) in [5, 5.41) is 2.43. The third-order valence-corrected chi connectivity index (χ3v) is 10.6. The van der Waals surface area contributed by atoms with Gasteiger partial charge in [-0.1, -0.05) is 152 Å². The summed E-state index contributed by atoms with van der Waals surface area (Å²) in [4.78, 5) is 14.8. The van der Waals surface area contributed by atoms with Crippen molar-refractivity contribution in [1.82, 2.24) is 19.5 Å². The Morgan fingerprint density at radius 1 is 0.473 bits per heavy atom. The van der Waals surface area contributed by atoms with Gasteiger partial charge < -0.3 is 0 Å². The van der Waals surface area contributed by atoms with E-state index in [1.54, 1.807) is 0 Å². The molecule has 0 saturated heterocycles. The first kappa shape index (κ1) is 32.5. The maximum absolute atomic E-state index is 5.06. The molecule has 9 aromatic rings. The Labute approximate surface area is 320 Å². The number of nitrogens with zero attached hydrogens (tertiary/aromatic N) is 4. The van der Waals surface area contributed by atoms with Crippen LogP contribution in [0.2, 0.25) is 0 Å². The highest BCUT2D eigenvalue weighted by atomic mass is 15.0. The number of para-hydroxylation sites is 1. The van der Waals surface area contributed by atoms with E-state index in [0.29, 0.717) is 0 Å². The molecule has 0 radical (unpaired) electrons. The number of hydrogen-bond donors (Lipinski definition) is 0. The smallest absolute Gasteiger partial charge is 0.160 e. The van der Waals surface area contributed by atoms with Crippen molar-refractivity contribution in [2.45, 2.75) is 12.8 Å². The van der Waals surface area contributed by atoms with E-state index in [2.05, 4.69) is 181 Å². The van der Waals surface area contributed by atoms with Crippen molar-refractivity contribution in [3.8, 4) is 61.7 Å². The summed E-state index contributed by atoms with van der Waals surface area (Å²) in [6.07, 6.45) is 10.7. The lowest BCUT2D eigenvalue weighted by molar-refractivity contribution is 1.03. The molecule has 0 N–H and O–H groups in total. The van der Waals surface area contributed by atoms with Gasteiger partial charge in [0.1, 0.15) is 6.33 Å². The summed E-state index contributed by atoms with van der Waals surface area (Å²) in [6.45, 7) is 0. The Kier molecular flexibility index (Phi) is 8.27. The molecule has 55 heavy (non-hydrogen) atoms. The van der Waals surface area contributed by atoms with E-state index in [1.807, 2.05) is 18.5 Å². The SMILES string of the molecule is C1=CC(c2cc(-c3ccccc3)nc(-c3ccc(-c4cccc5cc(-c6ccc(-c7ccc8c(c7)ncn8-c7ccccc7)cc6)ccc45)cc3)n2)=CCC1. The number of aromatic nitrogens is 4. The first-order chi connectivity index (χ1) is 27.2. The molecule has 7 aromatic carbocycles. The van der Waals surface area contributed by atoms with Gasteiger partial charge in [0, 0.05) is 16.8 Å². The zero-order valence-corrected chi connectivity index (χ0v) is 30.2. The van der Waals surface area contributed by atoms with Crippen LogP contribution in [-0.4, -0.2) is 19.5 Å². The van der Waals surface area contributed by atoms with Crippen molar-refractivity contribution in [3.63, 3.8) is 0 Å². The Hall–Kier alpha value is -7.17. The fraction of sp³-hybridized carbons (Fsp3) is 0.0392. The Morgan fingerprint density at radius 2 is 1.15 bits per heavy atom. The number of benzene rings is 7. The molecule has 4 heteroatoms. The number of imidazole rings is 1. The van der Waals surface area contributed by atoms with Gasteiger partial charge in [-0.05, 0) is 99.0 Å². The van der Waals surface area contributed by atoms with Crippen LogP contribution in [0.15, 0.2) is 194 Å². The largest absolute Gasteiger partial charge is 0.299 e. The van der Waals surface area contributed by atoms with Crippen LogP contribution in [0.3, 0.4) is 0 Å². The Bertz CT molecular complexity index is 2880. The molecule has 1 aliphatic carbocycles. The fourth-order valence-electron chi connectivity index (χ4n) is 7.64. The van der Waals surface area contributed by atoms with Crippen molar-refractivity contribution in [2.75, 3.05) is 0 Å². The van der Waals surface area contributed by atoms with Gasteiger partial charge in [0.05, 0.1) is 22.4 Å². The zero-order chi connectivity index (χ0) is 36.6. The summed E-state index contributed by atoms with van der Waals surface area (Å²) in [5.74, 6) is 0.732. The average molecular weight is 705 g/mol. The molecule has 0 unspecified atom stereocenters. The number of hydrogen-bond acceptors (Lipinski definition) is 3. The highest BCUT2D eigenvalue weighted by Gasteiger charge is 2.14. The van der Waals surface area contributed by atoms with Gasteiger partial charge in [0.2, 0.25) is 0 Å².